The number of rotatable bonds is 4. The van der Waals surface area contributed by atoms with Crippen LogP contribution in [0.25, 0.3) is 0 Å². The van der Waals surface area contributed by atoms with Crippen molar-refractivity contribution in [3.63, 3.8) is 0 Å². The number of hydrogen-bond acceptors (Lipinski definition) is 3. The Morgan fingerprint density at radius 1 is 1.47 bits per heavy atom. The van der Waals surface area contributed by atoms with Crippen molar-refractivity contribution < 1.29 is 4.74 Å². The Morgan fingerprint density at radius 2 is 2.27 bits per heavy atom. The Bertz CT molecular complexity index is 164. The molecule has 0 aromatic carbocycles. The highest BCUT2D eigenvalue weighted by Gasteiger charge is 2.18. The molecule has 0 spiro atoms. The molecule has 1 rings (SSSR count). The van der Waals surface area contributed by atoms with Crippen LogP contribution in [-0.4, -0.2) is 50.3 Å². The van der Waals surface area contributed by atoms with Gasteiger partial charge >= 0.3 is 0 Å². The largest absolute Gasteiger partial charge is 0.383 e. The minimum atomic E-state index is 0.611. The molecule has 0 saturated carbocycles. The number of ether oxygens (including phenoxy) is 1. The van der Waals surface area contributed by atoms with E-state index in [2.05, 4.69) is 24.1 Å². The summed E-state index contributed by atoms with van der Waals surface area (Å²) in [6, 6.07) is 1.27. The van der Waals surface area contributed by atoms with E-state index in [0.29, 0.717) is 12.1 Å². The third kappa shape index (κ3) is 4.49. The van der Waals surface area contributed by atoms with Gasteiger partial charge in [-0.1, -0.05) is 6.92 Å². The first-order chi connectivity index (χ1) is 7.27. The quantitative estimate of drug-likeness (QED) is 0.767. The van der Waals surface area contributed by atoms with Crippen LogP contribution in [0.2, 0.25) is 0 Å². The van der Waals surface area contributed by atoms with Crippen molar-refractivity contribution in [3.05, 3.63) is 0 Å². The molecule has 0 bridgehead atoms. The molecule has 15 heavy (non-hydrogen) atoms. The van der Waals surface area contributed by atoms with Crippen molar-refractivity contribution in [2.45, 2.75) is 45.2 Å². The van der Waals surface area contributed by atoms with Gasteiger partial charge in [-0.3, -0.25) is 4.90 Å². The van der Waals surface area contributed by atoms with Crippen LogP contribution >= 0.6 is 0 Å². The summed E-state index contributed by atoms with van der Waals surface area (Å²) >= 11 is 0. The van der Waals surface area contributed by atoms with Gasteiger partial charge in [0.1, 0.15) is 0 Å². The molecule has 2 unspecified atom stereocenters. The van der Waals surface area contributed by atoms with E-state index in [1.165, 1.54) is 32.4 Å². The van der Waals surface area contributed by atoms with E-state index in [9.17, 15) is 0 Å². The fourth-order valence-corrected chi connectivity index (χ4v) is 2.24. The molecule has 1 aliphatic heterocycles. The van der Waals surface area contributed by atoms with Crippen LogP contribution in [0.1, 0.15) is 33.1 Å². The smallest absolute Gasteiger partial charge is 0.0617 e. The highest BCUT2D eigenvalue weighted by Crippen LogP contribution is 2.09. The number of methoxy groups -OCH3 is 1. The molecule has 1 aliphatic rings. The Labute approximate surface area is 94.2 Å². The first kappa shape index (κ1) is 12.9. The molecule has 0 radical (unpaired) electrons. The van der Waals surface area contributed by atoms with Gasteiger partial charge in [0.25, 0.3) is 0 Å². The van der Waals surface area contributed by atoms with Crippen molar-refractivity contribution in [1.29, 1.82) is 0 Å². The average Bonchev–Trinajstić information content (AvgIpc) is 2.22. The lowest BCUT2D eigenvalue weighted by atomic mass is 10.1. The van der Waals surface area contributed by atoms with E-state index >= 15 is 0 Å². The molecule has 0 aromatic heterocycles. The maximum absolute atomic E-state index is 5.29. The lowest BCUT2D eigenvalue weighted by Gasteiger charge is -2.33. The third-order valence-corrected chi connectivity index (χ3v) is 3.31. The fraction of sp³-hybridized carbons (Fsp3) is 1.00. The Morgan fingerprint density at radius 3 is 2.93 bits per heavy atom. The molecule has 1 N–H and O–H groups in total. The summed E-state index contributed by atoms with van der Waals surface area (Å²) in [5.41, 5.74) is 0. The zero-order valence-electron chi connectivity index (χ0n) is 10.5. The predicted molar refractivity (Wildman–Crippen MR) is 64.2 cm³/mol. The maximum atomic E-state index is 5.29. The fourth-order valence-electron chi connectivity index (χ4n) is 2.24. The van der Waals surface area contributed by atoms with Gasteiger partial charge < -0.3 is 10.1 Å². The topological polar surface area (TPSA) is 24.5 Å². The monoisotopic (exact) mass is 214 g/mol. The second-order valence-corrected chi connectivity index (χ2v) is 4.55. The average molecular weight is 214 g/mol. The van der Waals surface area contributed by atoms with Crippen LogP contribution < -0.4 is 5.32 Å². The van der Waals surface area contributed by atoms with Crippen LogP contribution in [-0.2, 0) is 4.74 Å². The van der Waals surface area contributed by atoms with Gasteiger partial charge in [0.15, 0.2) is 0 Å². The molecule has 0 aliphatic carbocycles. The second kappa shape index (κ2) is 7.20. The van der Waals surface area contributed by atoms with Gasteiger partial charge in [0, 0.05) is 19.2 Å². The Kier molecular flexibility index (Phi) is 6.22. The maximum Gasteiger partial charge on any atom is 0.0617 e. The van der Waals surface area contributed by atoms with E-state index in [0.717, 1.165) is 13.2 Å². The summed E-state index contributed by atoms with van der Waals surface area (Å²) in [6.07, 6.45) is 3.69. The van der Waals surface area contributed by atoms with E-state index in [-0.39, 0.29) is 0 Å². The predicted octanol–water partition coefficient (Wildman–Crippen LogP) is 1.49. The third-order valence-electron chi connectivity index (χ3n) is 3.31. The van der Waals surface area contributed by atoms with Crippen LogP contribution in [0.15, 0.2) is 0 Å². The SMILES string of the molecule is CCC(COC)N1CCCNC(C)CC1. The summed E-state index contributed by atoms with van der Waals surface area (Å²) in [5, 5.41) is 3.54. The molecule has 0 aromatic rings. The zero-order chi connectivity index (χ0) is 11.1. The van der Waals surface area contributed by atoms with Gasteiger partial charge in [-0.15, -0.1) is 0 Å². The van der Waals surface area contributed by atoms with Crippen LogP contribution in [0.5, 0.6) is 0 Å². The van der Waals surface area contributed by atoms with E-state index in [4.69, 9.17) is 4.74 Å². The van der Waals surface area contributed by atoms with Gasteiger partial charge in [-0.25, -0.2) is 0 Å². The summed E-state index contributed by atoms with van der Waals surface area (Å²) < 4.78 is 5.29. The molecule has 1 heterocycles. The van der Waals surface area contributed by atoms with Gasteiger partial charge in [-0.2, -0.15) is 0 Å². The minimum Gasteiger partial charge on any atom is -0.383 e. The summed E-state index contributed by atoms with van der Waals surface area (Å²) in [5.74, 6) is 0. The molecular weight excluding hydrogens is 188 g/mol. The van der Waals surface area contributed by atoms with E-state index < -0.39 is 0 Å². The Hall–Kier alpha value is -0.120. The van der Waals surface area contributed by atoms with E-state index in [1.54, 1.807) is 7.11 Å². The lowest BCUT2D eigenvalue weighted by Crippen LogP contribution is -2.44. The number of nitrogens with one attached hydrogen (secondary N) is 1. The lowest BCUT2D eigenvalue weighted by molar-refractivity contribution is 0.0802. The van der Waals surface area contributed by atoms with Crippen molar-refractivity contribution in [3.8, 4) is 0 Å². The molecule has 90 valence electrons. The highest BCUT2D eigenvalue weighted by atomic mass is 16.5. The first-order valence-electron chi connectivity index (χ1n) is 6.24. The molecule has 2 atom stereocenters. The first-order valence-corrected chi connectivity index (χ1v) is 6.24. The van der Waals surface area contributed by atoms with Gasteiger partial charge in [-0.05, 0) is 45.8 Å². The number of nitrogens with zero attached hydrogens (tertiary/aromatic N) is 1. The molecule has 0 amide bonds. The number of hydrogen-bond donors (Lipinski definition) is 1. The second-order valence-electron chi connectivity index (χ2n) is 4.55. The molecular formula is C12H26N2O. The van der Waals surface area contributed by atoms with Gasteiger partial charge in [0.2, 0.25) is 0 Å². The van der Waals surface area contributed by atoms with E-state index in [1.807, 2.05) is 0 Å². The summed E-state index contributed by atoms with van der Waals surface area (Å²) in [7, 11) is 1.80. The normalized spacial score (nSPS) is 27.0. The standard InChI is InChI=1S/C12H26N2O/c1-4-12(10-15-3)14-8-5-7-13-11(2)6-9-14/h11-13H,4-10H2,1-3H3. The van der Waals surface area contributed by atoms with Crippen LogP contribution in [0, 0.1) is 0 Å². The van der Waals surface area contributed by atoms with Crippen molar-refractivity contribution in [1.82, 2.24) is 10.2 Å². The van der Waals surface area contributed by atoms with Crippen molar-refractivity contribution in [2.24, 2.45) is 0 Å². The summed E-state index contributed by atoms with van der Waals surface area (Å²) in [4.78, 5) is 2.60. The molecule has 1 saturated heterocycles. The highest BCUT2D eigenvalue weighted by molar-refractivity contribution is 4.75. The molecule has 1 fully saturated rings. The molecule has 3 nitrogen and oxygen atoms in total. The van der Waals surface area contributed by atoms with Gasteiger partial charge in [0.05, 0.1) is 6.61 Å². The van der Waals surface area contributed by atoms with Crippen LogP contribution in [0.4, 0.5) is 0 Å². The van der Waals surface area contributed by atoms with Crippen molar-refractivity contribution in [2.75, 3.05) is 33.4 Å². The van der Waals surface area contributed by atoms with Crippen LogP contribution in [0.3, 0.4) is 0 Å². The zero-order valence-corrected chi connectivity index (χ0v) is 10.5. The minimum absolute atomic E-state index is 0.611. The Balaban J connectivity index is 2.42. The summed E-state index contributed by atoms with van der Waals surface area (Å²) in [6.45, 7) is 8.97. The van der Waals surface area contributed by atoms with Crippen molar-refractivity contribution >= 4 is 0 Å². The molecule has 3 heteroatoms.